The van der Waals surface area contributed by atoms with E-state index in [1.54, 1.807) is 0 Å². The van der Waals surface area contributed by atoms with Crippen LogP contribution >= 0.6 is 11.6 Å². The second kappa shape index (κ2) is 11.0. The molecule has 1 atom stereocenters. The van der Waals surface area contributed by atoms with E-state index < -0.39 is 18.6 Å². The fraction of sp³-hybridized carbons (Fsp3) is 0.609. The van der Waals surface area contributed by atoms with Crippen LogP contribution in [-0.2, 0) is 4.79 Å². The van der Waals surface area contributed by atoms with Crippen LogP contribution in [0, 0.1) is 5.92 Å². The summed E-state index contributed by atoms with van der Waals surface area (Å²) in [5, 5.41) is 32.1. The molecule has 0 heterocycles. The van der Waals surface area contributed by atoms with E-state index in [1.165, 1.54) is 16.7 Å². The minimum absolute atomic E-state index is 0.0646. The number of unbranched alkanes of at least 4 members (excludes halogenated alkanes) is 1. The topological polar surface area (TPSA) is 116 Å². The van der Waals surface area contributed by atoms with Crippen molar-refractivity contribution in [1.29, 1.82) is 0 Å². The normalized spacial score (nSPS) is 25.4. The van der Waals surface area contributed by atoms with Gasteiger partial charge in [-0.05, 0) is 80.0 Å². The summed E-state index contributed by atoms with van der Waals surface area (Å²) in [5.41, 5.74) is 9.15. The Hall–Kier alpha value is -1.38. The smallest absolute Gasteiger partial charge is 0.451 e. The Bertz CT molecular complexity index is 786. The number of hydrogen-bond donors (Lipinski definition) is 5. The Morgan fingerprint density at radius 1 is 1.23 bits per heavy atom. The van der Waals surface area contributed by atoms with Crippen molar-refractivity contribution in [2.75, 3.05) is 6.54 Å². The van der Waals surface area contributed by atoms with Gasteiger partial charge >= 0.3 is 13.1 Å². The van der Waals surface area contributed by atoms with Gasteiger partial charge in [0.25, 0.3) is 0 Å². The van der Waals surface area contributed by atoms with Crippen molar-refractivity contribution >= 4 is 24.7 Å². The van der Waals surface area contributed by atoms with Gasteiger partial charge in [-0.3, -0.25) is 4.79 Å². The number of nitrogens with two attached hydrogens (primary N) is 1. The first-order valence-corrected chi connectivity index (χ1v) is 11.7. The maximum Gasteiger partial charge on any atom is 0.451 e. The molecule has 6 nitrogen and oxygen atoms in total. The fourth-order valence-corrected chi connectivity index (χ4v) is 4.96. The SMILES string of the molecule is NC(CCCCB(O)O)(C(=O)O)C1CC(NCC2=C(C3=CC=C(Cl)CC3)CCC=C2)C1. The van der Waals surface area contributed by atoms with Gasteiger partial charge in [0, 0.05) is 17.6 Å². The summed E-state index contributed by atoms with van der Waals surface area (Å²) in [7, 11) is -1.35. The van der Waals surface area contributed by atoms with Crippen molar-refractivity contribution in [3.8, 4) is 0 Å². The van der Waals surface area contributed by atoms with Crippen molar-refractivity contribution in [2.24, 2.45) is 11.7 Å². The quantitative estimate of drug-likeness (QED) is 0.245. The first-order chi connectivity index (χ1) is 14.8. The van der Waals surface area contributed by atoms with Crippen LogP contribution in [0.1, 0.15) is 57.8 Å². The number of carboxylic acid groups (broad SMARTS) is 1. The molecule has 0 spiro atoms. The van der Waals surface area contributed by atoms with Gasteiger partial charge in [-0.15, -0.1) is 0 Å². The molecule has 0 aromatic rings. The average molecular weight is 449 g/mol. The second-order valence-electron chi connectivity index (χ2n) is 9.07. The summed E-state index contributed by atoms with van der Waals surface area (Å²) in [5.74, 6) is -1.03. The van der Waals surface area contributed by atoms with Crippen LogP contribution in [0.25, 0.3) is 0 Å². The van der Waals surface area contributed by atoms with Gasteiger partial charge in [-0.2, -0.15) is 0 Å². The van der Waals surface area contributed by atoms with E-state index >= 15 is 0 Å². The number of carboxylic acids is 1. The molecule has 0 radical (unpaired) electrons. The fourth-order valence-electron chi connectivity index (χ4n) is 4.80. The average Bonchev–Trinajstić information content (AvgIpc) is 2.71. The van der Waals surface area contributed by atoms with Crippen LogP contribution in [0.4, 0.5) is 0 Å². The van der Waals surface area contributed by atoms with Gasteiger partial charge in [0.2, 0.25) is 0 Å². The highest BCUT2D eigenvalue weighted by Crippen LogP contribution is 2.39. The summed E-state index contributed by atoms with van der Waals surface area (Å²) in [6.45, 7) is 0.775. The molecule has 6 N–H and O–H groups in total. The molecule has 3 aliphatic rings. The van der Waals surface area contributed by atoms with E-state index in [-0.39, 0.29) is 18.3 Å². The molecule has 1 saturated carbocycles. The first-order valence-electron chi connectivity index (χ1n) is 11.4. The van der Waals surface area contributed by atoms with E-state index in [1.807, 2.05) is 6.08 Å². The number of allylic oxidation sites excluding steroid dienone is 6. The maximum absolute atomic E-state index is 11.9. The van der Waals surface area contributed by atoms with Gasteiger partial charge in [-0.25, -0.2) is 0 Å². The molecule has 8 heteroatoms. The number of nitrogens with one attached hydrogen (secondary N) is 1. The zero-order chi connectivity index (χ0) is 22.4. The highest BCUT2D eigenvalue weighted by molar-refractivity contribution is 6.40. The summed E-state index contributed by atoms with van der Waals surface area (Å²) in [4.78, 5) is 11.9. The Labute approximate surface area is 190 Å². The minimum atomic E-state index is -1.35. The summed E-state index contributed by atoms with van der Waals surface area (Å²) in [6.07, 6.45) is 15.8. The molecule has 0 amide bonds. The zero-order valence-corrected chi connectivity index (χ0v) is 18.8. The van der Waals surface area contributed by atoms with Crippen LogP contribution in [-0.4, -0.2) is 46.4 Å². The second-order valence-corrected chi connectivity index (χ2v) is 9.55. The van der Waals surface area contributed by atoms with Gasteiger partial charge in [0.05, 0.1) is 0 Å². The molecule has 31 heavy (non-hydrogen) atoms. The zero-order valence-electron chi connectivity index (χ0n) is 18.0. The lowest BCUT2D eigenvalue weighted by molar-refractivity contribution is -0.148. The lowest BCUT2D eigenvalue weighted by Crippen LogP contribution is -2.61. The number of halogens is 1. The monoisotopic (exact) mass is 448 g/mol. The molecule has 3 rings (SSSR count). The van der Waals surface area contributed by atoms with Crippen molar-refractivity contribution < 1.29 is 19.9 Å². The highest BCUT2D eigenvalue weighted by atomic mass is 35.5. The van der Waals surface area contributed by atoms with Gasteiger partial charge in [-0.1, -0.05) is 42.7 Å². The Kier molecular flexibility index (Phi) is 8.59. The van der Waals surface area contributed by atoms with Gasteiger partial charge < -0.3 is 26.2 Å². The largest absolute Gasteiger partial charge is 0.480 e. The highest BCUT2D eigenvalue weighted by Gasteiger charge is 2.48. The Morgan fingerprint density at radius 2 is 2.00 bits per heavy atom. The van der Waals surface area contributed by atoms with E-state index in [9.17, 15) is 9.90 Å². The first kappa shape index (κ1) is 24.3. The third-order valence-electron chi connectivity index (χ3n) is 6.90. The van der Waals surface area contributed by atoms with E-state index in [4.69, 9.17) is 27.4 Å². The number of hydrogen-bond acceptors (Lipinski definition) is 5. The van der Waals surface area contributed by atoms with Gasteiger partial charge in [0.1, 0.15) is 5.54 Å². The van der Waals surface area contributed by atoms with Crippen LogP contribution < -0.4 is 11.1 Å². The molecule has 0 aromatic carbocycles. The van der Waals surface area contributed by atoms with Crippen LogP contribution in [0.3, 0.4) is 0 Å². The predicted octanol–water partition coefficient (Wildman–Crippen LogP) is 3.27. The third kappa shape index (κ3) is 6.33. The van der Waals surface area contributed by atoms with E-state index in [0.29, 0.717) is 19.3 Å². The number of rotatable bonds is 11. The molecule has 3 aliphatic carbocycles. The number of aliphatic carboxylic acids is 1. The minimum Gasteiger partial charge on any atom is -0.480 e. The van der Waals surface area contributed by atoms with Gasteiger partial charge in [0.15, 0.2) is 0 Å². The lowest BCUT2D eigenvalue weighted by atomic mass is 9.66. The molecule has 0 aromatic heterocycles. The van der Waals surface area contributed by atoms with Crippen molar-refractivity contribution in [2.45, 2.75) is 75.7 Å². The molecule has 1 unspecified atom stereocenters. The molecule has 0 bridgehead atoms. The van der Waals surface area contributed by atoms with Crippen molar-refractivity contribution in [1.82, 2.24) is 5.32 Å². The molecule has 0 aliphatic heterocycles. The molecular formula is C23H34BClN2O4. The van der Waals surface area contributed by atoms with Crippen LogP contribution in [0.2, 0.25) is 6.32 Å². The standard InChI is InChI=1S/C23H34BClN2O4/c25-19-9-7-16(8-10-19)21-6-2-1-5-17(21)15-27-20-13-18(14-20)23(26,22(28)29)11-3-4-12-24(30)31/h1,5,7,9,18,20,27,30-31H,2-4,6,8,10-15,26H2,(H,28,29). The summed E-state index contributed by atoms with van der Waals surface area (Å²) >= 11 is 6.11. The van der Waals surface area contributed by atoms with Crippen LogP contribution in [0.5, 0.6) is 0 Å². The van der Waals surface area contributed by atoms with Crippen molar-refractivity contribution in [3.05, 3.63) is 46.1 Å². The Morgan fingerprint density at radius 3 is 2.65 bits per heavy atom. The number of carbonyl (C=O) groups is 1. The van der Waals surface area contributed by atoms with E-state index in [0.717, 1.165) is 50.1 Å². The molecular weight excluding hydrogens is 415 g/mol. The molecule has 170 valence electrons. The van der Waals surface area contributed by atoms with E-state index in [2.05, 4.69) is 23.5 Å². The third-order valence-corrected chi connectivity index (χ3v) is 7.22. The van der Waals surface area contributed by atoms with Crippen molar-refractivity contribution in [3.63, 3.8) is 0 Å². The molecule has 1 fully saturated rings. The van der Waals surface area contributed by atoms with Crippen LogP contribution in [0.15, 0.2) is 46.1 Å². The lowest BCUT2D eigenvalue weighted by Gasteiger charge is -2.45. The maximum atomic E-state index is 11.9. The predicted molar refractivity (Wildman–Crippen MR) is 125 cm³/mol. The summed E-state index contributed by atoms with van der Waals surface area (Å²) in [6, 6.07) is 0.269. The molecule has 0 saturated heterocycles. The summed E-state index contributed by atoms with van der Waals surface area (Å²) < 4.78 is 0. The Balaban J connectivity index is 1.52.